The molecule has 0 amide bonds. The lowest BCUT2D eigenvalue weighted by Gasteiger charge is -2.29. The fourth-order valence-corrected chi connectivity index (χ4v) is 1.65. The number of rotatable bonds is 3. The Bertz CT molecular complexity index is 295. The quantitative estimate of drug-likeness (QED) is 0.737. The van der Waals surface area contributed by atoms with Crippen molar-refractivity contribution in [2.24, 2.45) is 5.92 Å². The first-order chi connectivity index (χ1) is 6.75. The van der Waals surface area contributed by atoms with Crippen molar-refractivity contribution in [2.45, 2.75) is 19.3 Å². The van der Waals surface area contributed by atoms with Crippen molar-refractivity contribution < 1.29 is 4.39 Å². The maximum atomic E-state index is 12.5. The number of hydrogen-bond acceptors (Lipinski definition) is 3. The molecule has 0 aromatic carbocycles. The van der Waals surface area contributed by atoms with E-state index in [4.69, 9.17) is 0 Å². The van der Waals surface area contributed by atoms with Crippen molar-refractivity contribution in [3.05, 3.63) is 18.2 Å². The molecular weight excluding hydrogens is 181 g/mol. The zero-order valence-electron chi connectivity index (χ0n) is 8.28. The van der Waals surface area contributed by atoms with E-state index >= 15 is 0 Å². The largest absolute Gasteiger partial charge is 0.344 e. The fourth-order valence-electron chi connectivity index (χ4n) is 1.65. The van der Waals surface area contributed by atoms with Crippen molar-refractivity contribution in [3.63, 3.8) is 0 Å². The molecule has 0 bridgehead atoms. The first-order valence-electron chi connectivity index (χ1n) is 4.94. The minimum Gasteiger partial charge on any atom is -0.344 e. The summed E-state index contributed by atoms with van der Waals surface area (Å²) >= 11 is 0. The van der Waals surface area contributed by atoms with Gasteiger partial charge in [-0.25, -0.2) is 14.4 Å². The van der Waals surface area contributed by atoms with Gasteiger partial charge in [-0.05, 0) is 18.8 Å². The lowest BCUT2D eigenvalue weighted by molar-refractivity contribution is 0.320. The summed E-state index contributed by atoms with van der Waals surface area (Å²) in [5, 5.41) is 0. The van der Waals surface area contributed by atoms with Crippen LogP contribution in [0.25, 0.3) is 0 Å². The Morgan fingerprint density at radius 3 is 2.57 bits per heavy atom. The summed E-state index contributed by atoms with van der Waals surface area (Å²) in [6.07, 6.45) is 6.35. The maximum absolute atomic E-state index is 12.5. The van der Waals surface area contributed by atoms with E-state index in [2.05, 4.69) is 9.97 Å². The molecule has 1 saturated carbocycles. The van der Waals surface area contributed by atoms with Gasteiger partial charge in [-0.3, -0.25) is 0 Å². The number of halogens is 1. The highest BCUT2D eigenvalue weighted by molar-refractivity contribution is 5.26. The van der Waals surface area contributed by atoms with Crippen LogP contribution in [-0.2, 0) is 0 Å². The fraction of sp³-hybridized carbons (Fsp3) is 0.600. The van der Waals surface area contributed by atoms with Gasteiger partial charge in [0, 0.05) is 13.6 Å². The summed E-state index contributed by atoms with van der Waals surface area (Å²) < 4.78 is 12.5. The molecular formula is C10H14FN3. The van der Waals surface area contributed by atoms with Crippen LogP contribution in [-0.4, -0.2) is 23.6 Å². The molecule has 1 aromatic rings. The van der Waals surface area contributed by atoms with Crippen LogP contribution in [0, 0.1) is 11.7 Å². The molecule has 0 saturated heterocycles. The van der Waals surface area contributed by atoms with Gasteiger partial charge in [-0.15, -0.1) is 0 Å². The summed E-state index contributed by atoms with van der Waals surface area (Å²) in [4.78, 5) is 9.85. The zero-order chi connectivity index (χ0) is 9.97. The van der Waals surface area contributed by atoms with Crippen molar-refractivity contribution >= 4 is 5.95 Å². The van der Waals surface area contributed by atoms with E-state index < -0.39 is 0 Å². The summed E-state index contributed by atoms with van der Waals surface area (Å²) in [6, 6.07) is 0. The van der Waals surface area contributed by atoms with Crippen molar-refractivity contribution in [3.8, 4) is 0 Å². The molecule has 1 aliphatic rings. The van der Waals surface area contributed by atoms with E-state index in [-0.39, 0.29) is 5.82 Å². The highest BCUT2D eigenvalue weighted by Crippen LogP contribution is 2.27. The second-order valence-electron chi connectivity index (χ2n) is 3.88. The third kappa shape index (κ3) is 2.00. The topological polar surface area (TPSA) is 29.0 Å². The Morgan fingerprint density at radius 2 is 2.07 bits per heavy atom. The lowest BCUT2D eigenvalue weighted by atomic mass is 9.85. The van der Waals surface area contributed by atoms with E-state index in [1.54, 1.807) is 0 Å². The highest BCUT2D eigenvalue weighted by Gasteiger charge is 2.19. The molecule has 0 atom stereocenters. The van der Waals surface area contributed by atoms with E-state index in [1.165, 1.54) is 31.7 Å². The summed E-state index contributed by atoms with van der Waals surface area (Å²) in [6.45, 7) is 0.978. The second kappa shape index (κ2) is 3.90. The molecule has 1 aromatic heterocycles. The molecule has 1 aliphatic carbocycles. The Morgan fingerprint density at radius 1 is 1.43 bits per heavy atom. The van der Waals surface area contributed by atoms with Gasteiger partial charge < -0.3 is 4.90 Å². The standard InChI is InChI=1S/C10H14FN3/c1-14(7-8-3-2-4-8)10-12-5-9(11)6-13-10/h5-6,8H,2-4,7H2,1H3. The van der Waals surface area contributed by atoms with Gasteiger partial charge in [0.25, 0.3) is 0 Å². The Kier molecular flexibility index (Phi) is 2.61. The first kappa shape index (κ1) is 9.37. The highest BCUT2D eigenvalue weighted by atomic mass is 19.1. The molecule has 76 valence electrons. The average Bonchev–Trinajstić information content (AvgIpc) is 2.12. The Hall–Kier alpha value is -1.19. The third-order valence-corrected chi connectivity index (χ3v) is 2.70. The first-order valence-corrected chi connectivity index (χ1v) is 4.94. The van der Waals surface area contributed by atoms with Crippen LogP contribution < -0.4 is 4.90 Å². The van der Waals surface area contributed by atoms with Crippen LogP contribution in [0.4, 0.5) is 10.3 Å². The molecule has 14 heavy (non-hydrogen) atoms. The van der Waals surface area contributed by atoms with Crippen molar-refractivity contribution in [2.75, 3.05) is 18.5 Å². The molecule has 0 aliphatic heterocycles. The molecule has 0 spiro atoms. The summed E-state index contributed by atoms with van der Waals surface area (Å²) in [5.74, 6) is 0.998. The number of aromatic nitrogens is 2. The molecule has 3 nitrogen and oxygen atoms in total. The smallest absolute Gasteiger partial charge is 0.225 e. The minimum atomic E-state index is -0.384. The van der Waals surface area contributed by atoms with Gasteiger partial charge in [0.05, 0.1) is 12.4 Å². The van der Waals surface area contributed by atoms with Gasteiger partial charge >= 0.3 is 0 Å². The van der Waals surface area contributed by atoms with Gasteiger partial charge in [-0.2, -0.15) is 0 Å². The summed E-state index contributed by atoms with van der Waals surface area (Å²) in [5.41, 5.74) is 0. The monoisotopic (exact) mass is 195 g/mol. The SMILES string of the molecule is CN(CC1CCC1)c1ncc(F)cn1. The third-order valence-electron chi connectivity index (χ3n) is 2.70. The summed E-state index contributed by atoms with van der Waals surface area (Å²) in [7, 11) is 1.95. The lowest BCUT2D eigenvalue weighted by Crippen LogP contribution is -2.30. The molecule has 0 unspecified atom stereocenters. The molecule has 1 heterocycles. The van der Waals surface area contributed by atoms with E-state index in [9.17, 15) is 4.39 Å². The van der Waals surface area contributed by atoms with E-state index in [0.717, 1.165) is 12.5 Å². The number of hydrogen-bond donors (Lipinski definition) is 0. The van der Waals surface area contributed by atoms with Crippen LogP contribution in [0.5, 0.6) is 0 Å². The Balaban J connectivity index is 1.95. The van der Waals surface area contributed by atoms with E-state index in [0.29, 0.717) is 5.95 Å². The van der Waals surface area contributed by atoms with Crippen LogP contribution >= 0.6 is 0 Å². The second-order valence-corrected chi connectivity index (χ2v) is 3.88. The number of anilines is 1. The van der Waals surface area contributed by atoms with Crippen LogP contribution in [0.2, 0.25) is 0 Å². The van der Waals surface area contributed by atoms with Crippen molar-refractivity contribution in [1.29, 1.82) is 0 Å². The van der Waals surface area contributed by atoms with Gasteiger partial charge in [0.2, 0.25) is 5.95 Å². The van der Waals surface area contributed by atoms with Crippen molar-refractivity contribution in [1.82, 2.24) is 9.97 Å². The zero-order valence-corrected chi connectivity index (χ0v) is 8.28. The predicted octanol–water partition coefficient (Wildman–Crippen LogP) is 1.85. The minimum absolute atomic E-state index is 0.384. The average molecular weight is 195 g/mol. The Labute approximate surface area is 83.0 Å². The molecule has 0 radical (unpaired) electrons. The van der Waals surface area contributed by atoms with Crippen LogP contribution in [0.15, 0.2) is 12.4 Å². The van der Waals surface area contributed by atoms with E-state index in [1.807, 2.05) is 11.9 Å². The van der Waals surface area contributed by atoms with Gasteiger partial charge in [0.1, 0.15) is 0 Å². The van der Waals surface area contributed by atoms with Crippen LogP contribution in [0.3, 0.4) is 0 Å². The maximum Gasteiger partial charge on any atom is 0.225 e. The molecule has 0 N–H and O–H groups in total. The normalized spacial score (nSPS) is 16.4. The van der Waals surface area contributed by atoms with Gasteiger partial charge in [-0.1, -0.05) is 6.42 Å². The number of nitrogens with zero attached hydrogens (tertiary/aromatic N) is 3. The van der Waals surface area contributed by atoms with Crippen LogP contribution in [0.1, 0.15) is 19.3 Å². The molecule has 4 heteroatoms. The molecule has 1 fully saturated rings. The molecule has 2 rings (SSSR count). The predicted molar refractivity (Wildman–Crippen MR) is 52.6 cm³/mol. The van der Waals surface area contributed by atoms with Gasteiger partial charge in [0.15, 0.2) is 5.82 Å².